The molecule has 0 radical (unpaired) electrons. The zero-order chi connectivity index (χ0) is 21.8. The van der Waals surface area contributed by atoms with Crippen LogP contribution in [0.1, 0.15) is 16.8 Å². The Morgan fingerprint density at radius 2 is 1.80 bits per heavy atom. The van der Waals surface area contributed by atoms with Gasteiger partial charge in [-0.3, -0.25) is 14.4 Å². The van der Waals surface area contributed by atoms with Crippen molar-refractivity contribution in [3.63, 3.8) is 0 Å². The van der Waals surface area contributed by atoms with E-state index in [1.54, 1.807) is 0 Å². The molecule has 0 spiro atoms. The minimum Gasteiger partial charge on any atom is -0.461 e. The van der Waals surface area contributed by atoms with E-state index in [2.05, 4.69) is 20.7 Å². The summed E-state index contributed by atoms with van der Waals surface area (Å²) < 4.78 is 51.2. The first-order valence-electron chi connectivity index (χ1n) is 9.01. The normalized spacial score (nSPS) is 31.4. The van der Waals surface area contributed by atoms with Crippen LogP contribution in [-0.4, -0.2) is 47.4 Å². The van der Waals surface area contributed by atoms with Crippen molar-refractivity contribution < 1.29 is 46.6 Å². The van der Waals surface area contributed by atoms with Crippen LogP contribution in [0.25, 0.3) is 0 Å². The first kappa shape index (κ1) is 20.8. The smallest absolute Gasteiger partial charge is 0.461 e. The van der Waals surface area contributed by atoms with Crippen molar-refractivity contribution in [1.29, 1.82) is 0 Å². The van der Waals surface area contributed by atoms with E-state index in [1.807, 2.05) is 0 Å². The molecule has 1 heterocycles. The Morgan fingerprint density at radius 1 is 1.13 bits per heavy atom. The van der Waals surface area contributed by atoms with Crippen LogP contribution in [0.5, 0.6) is 5.75 Å². The summed E-state index contributed by atoms with van der Waals surface area (Å²) >= 11 is 3.48. The molecule has 6 atom stereocenters. The molecule has 11 heteroatoms. The summed E-state index contributed by atoms with van der Waals surface area (Å²) in [5, 5.41) is 0. The van der Waals surface area contributed by atoms with Crippen molar-refractivity contribution in [2.45, 2.75) is 23.5 Å². The predicted octanol–water partition coefficient (Wildman–Crippen LogP) is 2.45. The van der Waals surface area contributed by atoms with E-state index < -0.39 is 48.3 Å². The maximum Gasteiger partial charge on any atom is 0.491 e. The second kappa shape index (κ2) is 7.36. The number of ketones is 1. The molecule has 160 valence electrons. The summed E-state index contributed by atoms with van der Waals surface area (Å²) in [4.78, 5) is 47.5. The van der Waals surface area contributed by atoms with Crippen molar-refractivity contribution in [2.24, 2.45) is 23.7 Å². The van der Waals surface area contributed by atoms with Crippen LogP contribution >= 0.6 is 15.9 Å². The molecule has 2 aliphatic carbocycles. The Morgan fingerprint density at radius 3 is 2.43 bits per heavy atom. The summed E-state index contributed by atoms with van der Waals surface area (Å²) in [6, 6.07) is 4.36. The Bertz CT molecular complexity index is 914. The van der Waals surface area contributed by atoms with Gasteiger partial charge in [-0.25, -0.2) is 4.79 Å². The van der Waals surface area contributed by atoms with E-state index in [0.717, 1.165) is 24.3 Å². The average molecular weight is 491 g/mol. The number of carbonyl (C=O) groups is 4. The molecule has 3 fully saturated rings. The molecule has 2 saturated carbocycles. The van der Waals surface area contributed by atoms with Gasteiger partial charge in [-0.05, 0) is 36.6 Å². The first-order chi connectivity index (χ1) is 14.1. The Hall–Kier alpha value is -2.43. The van der Waals surface area contributed by atoms with Crippen LogP contribution in [0.4, 0.5) is 13.2 Å². The van der Waals surface area contributed by atoms with Crippen molar-refractivity contribution in [3.8, 4) is 5.75 Å². The lowest BCUT2D eigenvalue weighted by Gasteiger charge is -2.26. The standard InChI is InChI=1S/C19H14BrF3O7/c20-14-9-5-10-13(17(26)30-15(10)14)12(9)16(25)28-6-11(24)7-1-3-8(4-2-7)29-18(27)19(21,22)23/h1-4,9-10,12-15H,5-6H2/t9-,10-,12-,13+,14-,15+/m1/s1. The van der Waals surface area contributed by atoms with Gasteiger partial charge in [0, 0.05) is 11.5 Å². The molecule has 3 aliphatic rings. The molecule has 1 saturated heterocycles. The van der Waals surface area contributed by atoms with Gasteiger partial charge in [0.15, 0.2) is 12.4 Å². The molecule has 1 aromatic carbocycles. The minimum atomic E-state index is -5.14. The minimum absolute atomic E-state index is 0.0351. The number of Topliss-reactive ketones (excluding diaryl/α,β-unsaturated/α-hetero) is 1. The molecular weight excluding hydrogens is 477 g/mol. The van der Waals surface area contributed by atoms with E-state index >= 15 is 0 Å². The zero-order valence-corrected chi connectivity index (χ0v) is 16.6. The predicted molar refractivity (Wildman–Crippen MR) is 94.6 cm³/mol. The number of hydrogen-bond acceptors (Lipinski definition) is 7. The van der Waals surface area contributed by atoms with Crippen LogP contribution in [0, 0.1) is 23.7 Å². The largest absolute Gasteiger partial charge is 0.491 e. The fraction of sp³-hybridized carbons (Fsp3) is 0.474. The molecule has 1 aliphatic heterocycles. The maximum atomic E-state index is 12.6. The van der Waals surface area contributed by atoms with Gasteiger partial charge in [0.2, 0.25) is 0 Å². The van der Waals surface area contributed by atoms with Crippen LogP contribution in [0.3, 0.4) is 0 Å². The first-order valence-corrected chi connectivity index (χ1v) is 9.93. The lowest BCUT2D eigenvalue weighted by atomic mass is 9.80. The van der Waals surface area contributed by atoms with Crippen LogP contribution in [0.2, 0.25) is 0 Å². The fourth-order valence-corrected chi connectivity index (χ4v) is 5.53. The summed E-state index contributed by atoms with van der Waals surface area (Å²) in [5.74, 6) is -5.81. The molecule has 4 rings (SSSR count). The number of alkyl halides is 4. The Labute approximate surface area is 176 Å². The monoisotopic (exact) mass is 490 g/mol. The topological polar surface area (TPSA) is 96.0 Å². The van der Waals surface area contributed by atoms with E-state index in [-0.39, 0.29) is 34.1 Å². The Kier molecular flexibility index (Phi) is 5.11. The summed E-state index contributed by atoms with van der Waals surface area (Å²) in [6.45, 7) is -0.591. The number of carbonyl (C=O) groups excluding carboxylic acids is 4. The van der Waals surface area contributed by atoms with Crippen molar-refractivity contribution in [2.75, 3.05) is 6.61 Å². The maximum absolute atomic E-state index is 12.6. The van der Waals surface area contributed by atoms with Crippen molar-refractivity contribution in [3.05, 3.63) is 29.8 Å². The highest BCUT2D eigenvalue weighted by Crippen LogP contribution is 2.60. The molecular formula is C19H14BrF3O7. The van der Waals surface area contributed by atoms with E-state index in [4.69, 9.17) is 9.47 Å². The van der Waals surface area contributed by atoms with Crippen molar-refractivity contribution in [1.82, 2.24) is 0 Å². The molecule has 7 nitrogen and oxygen atoms in total. The number of ether oxygens (including phenoxy) is 3. The van der Waals surface area contributed by atoms with Crippen LogP contribution < -0.4 is 4.74 Å². The lowest BCUT2D eigenvalue weighted by Crippen LogP contribution is -2.39. The Balaban J connectivity index is 1.34. The highest BCUT2D eigenvalue weighted by atomic mass is 79.9. The van der Waals surface area contributed by atoms with Gasteiger partial charge in [-0.15, -0.1) is 0 Å². The van der Waals surface area contributed by atoms with Crippen LogP contribution in [0.15, 0.2) is 24.3 Å². The number of halogens is 4. The van der Waals surface area contributed by atoms with E-state index in [0.29, 0.717) is 6.42 Å². The quantitative estimate of drug-likeness (QED) is 0.270. The number of rotatable bonds is 5. The highest BCUT2D eigenvalue weighted by Gasteiger charge is 2.68. The second-order valence-corrected chi connectivity index (χ2v) is 8.46. The molecule has 1 aromatic rings. The molecule has 30 heavy (non-hydrogen) atoms. The fourth-order valence-electron chi connectivity index (χ4n) is 4.48. The number of esters is 3. The van der Waals surface area contributed by atoms with Crippen molar-refractivity contribution >= 4 is 39.6 Å². The number of fused-ring (bicyclic) bond motifs is 1. The van der Waals surface area contributed by atoms with Gasteiger partial charge < -0.3 is 14.2 Å². The summed E-state index contributed by atoms with van der Waals surface area (Å²) in [7, 11) is 0. The van der Waals surface area contributed by atoms with E-state index in [1.165, 1.54) is 0 Å². The zero-order valence-electron chi connectivity index (χ0n) is 15.1. The SMILES string of the molecule is O=C(COC(=O)[C@@H]1[C@H]2C[C@H]3[C@H](OC(=O)[C@@H]31)[C@@H]2Br)c1ccc(OC(=O)C(F)(F)F)cc1. The van der Waals surface area contributed by atoms with E-state index in [9.17, 15) is 32.3 Å². The number of benzene rings is 1. The molecule has 2 bridgehead atoms. The third kappa shape index (κ3) is 3.48. The van der Waals surface area contributed by atoms with Gasteiger partial charge in [0.1, 0.15) is 11.9 Å². The summed E-state index contributed by atoms with van der Waals surface area (Å²) in [5.41, 5.74) is 0.0567. The molecule has 0 N–H and O–H groups in total. The van der Waals surface area contributed by atoms with Gasteiger partial charge >= 0.3 is 24.1 Å². The third-order valence-electron chi connectivity index (χ3n) is 5.76. The summed E-state index contributed by atoms with van der Waals surface area (Å²) in [6.07, 6.45) is -4.70. The van der Waals surface area contributed by atoms with Crippen LogP contribution in [-0.2, 0) is 23.9 Å². The molecule has 0 amide bonds. The second-order valence-electron chi connectivity index (χ2n) is 7.40. The highest BCUT2D eigenvalue weighted by molar-refractivity contribution is 9.09. The van der Waals surface area contributed by atoms with Gasteiger partial charge in [-0.1, -0.05) is 15.9 Å². The van der Waals surface area contributed by atoms with Gasteiger partial charge in [0.05, 0.1) is 16.7 Å². The average Bonchev–Trinajstić information content (AvgIpc) is 3.30. The molecule has 0 aromatic heterocycles. The van der Waals surface area contributed by atoms with Gasteiger partial charge in [0.25, 0.3) is 0 Å². The molecule has 0 unspecified atom stereocenters. The number of hydrogen-bond donors (Lipinski definition) is 0. The van der Waals surface area contributed by atoms with Gasteiger partial charge in [-0.2, -0.15) is 13.2 Å². The lowest BCUT2D eigenvalue weighted by molar-refractivity contribution is -0.189. The third-order valence-corrected chi connectivity index (χ3v) is 6.96.